The number of carbonyl (C=O) groups excluding carboxylic acids is 1. The first-order valence-electron chi connectivity index (χ1n) is 4.75. The fraction of sp³-hybridized carbons (Fsp3) is 0.889. The van der Waals surface area contributed by atoms with E-state index < -0.39 is 11.4 Å². The smallest absolute Gasteiger partial charge is 0.239 e. The Morgan fingerprint density at radius 1 is 1.29 bits per heavy atom. The van der Waals surface area contributed by atoms with E-state index in [2.05, 4.69) is 0 Å². The Hall–Kier alpha value is -0.650. The molecule has 4 N–H and O–H groups in total. The fourth-order valence-corrected chi connectivity index (χ4v) is 0.720. The van der Waals surface area contributed by atoms with Crippen LogP contribution in [0, 0.1) is 0 Å². The minimum absolute atomic E-state index is 0.123. The third-order valence-corrected chi connectivity index (χ3v) is 1.69. The highest BCUT2D eigenvalue weighted by atomic mass is 16.5. The number of carbonyl (C=O) groups is 1. The molecule has 0 aromatic heterocycles. The van der Waals surface area contributed by atoms with Gasteiger partial charge in [0, 0.05) is 6.61 Å². The average molecular weight is 204 g/mol. The maximum Gasteiger partial charge on any atom is 0.239 e. The highest BCUT2D eigenvalue weighted by Gasteiger charge is 2.25. The molecule has 5 heteroatoms. The van der Waals surface area contributed by atoms with E-state index in [1.54, 1.807) is 6.92 Å². The summed E-state index contributed by atoms with van der Waals surface area (Å²) in [5.41, 5.74) is 9.53. The van der Waals surface area contributed by atoms with Crippen LogP contribution in [0.4, 0.5) is 0 Å². The van der Waals surface area contributed by atoms with Crippen molar-refractivity contribution >= 4 is 5.91 Å². The Labute approximate surface area is 84.7 Å². The Kier molecular flexibility index (Phi) is 6.44. The van der Waals surface area contributed by atoms with Gasteiger partial charge in [0.05, 0.1) is 19.8 Å². The molecule has 14 heavy (non-hydrogen) atoms. The summed E-state index contributed by atoms with van der Waals surface area (Å²) in [5.74, 6) is -0.563. The van der Waals surface area contributed by atoms with Gasteiger partial charge in [0.2, 0.25) is 5.91 Å². The lowest BCUT2D eigenvalue weighted by molar-refractivity contribution is -0.124. The van der Waals surface area contributed by atoms with Gasteiger partial charge in [-0.2, -0.15) is 0 Å². The summed E-state index contributed by atoms with van der Waals surface area (Å²) in [6, 6.07) is 0. The molecule has 0 aliphatic carbocycles. The third kappa shape index (κ3) is 5.90. The van der Waals surface area contributed by atoms with Crippen molar-refractivity contribution in [3.05, 3.63) is 0 Å². The van der Waals surface area contributed by atoms with Crippen LogP contribution in [-0.2, 0) is 14.3 Å². The van der Waals surface area contributed by atoms with Crippen LogP contribution in [-0.4, -0.2) is 37.9 Å². The summed E-state index contributed by atoms with van der Waals surface area (Å²) in [6.45, 7) is 5.37. The molecule has 0 fully saturated rings. The van der Waals surface area contributed by atoms with Gasteiger partial charge in [-0.1, -0.05) is 6.92 Å². The molecule has 0 saturated heterocycles. The molecule has 5 nitrogen and oxygen atoms in total. The van der Waals surface area contributed by atoms with E-state index in [9.17, 15) is 4.79 Å². The van der Waals surface area contributed by atoms with Crippen molar-refractivity contribution in [3.8, 4) is 0 Å². The third-order valence-electron chi connectivity index (χ3n) is 1.69. The molecular weight excluding hydrogens is 184 g/mol. The number of amides is 1. The SMILES string of the molecule is CCCOCCOCC(C)(N)C(N)=O. The number of hydrogen-bond acceptors (Lipinski definition) is 4. The average Bonchev–Trinajstić information content (AvgIpc) is 2.10. The predicted octanol–water partition coefficient (Wildman–Crippen LogP) is -0.368. The minimum Gasteiger partial charge on any atom is -0.379 e. The van der Waals surface area contributed by atoms with Crippen molar-refractivity contribution in [3.63, 3.8) is 0 Å². The van der Waals surface area contributed by atoms with E-state index in [0.29, 0.717) is 13.2 Å². The van der Waals surface area contributed by atoms with Crippen LogP contribution >= 0.6 is 0 Å². The molecule has 0 spiro atoms. The zero-order chi connectivity index (χ0) is 11.0. The van der Waals surface area contributed by atoms with E-state index >= 15 is 0 Å². The summed E-state index contributed by atoms with van der Waals surface area (Å²) in [7, 11) is 0. The van der Waals surface area contributed by atoms with Gasteiger partial charge in [-0.05, 0) is 13.3 Å². The lowest BCUT2D eigenvalue weighted by atomic mass is 10.1. The fourth-order valence-electron chi connectivity index (χ4n) is 0.720. The van der Waals surface area contributed by atoms with Crippen LogP contribution in [0.1, 0.15) is 20.3 Å². The van der Waals surface area contributed by atoms with Crippen molar-refractivity contribution < 1.29 is 14.3 Å². The van der Waals surface area contributed by atoms with Crippen molar-refractivity contribution in [1.82, 2.24) is 0 Å². The van der Waals surface area contributed by atoms with Crippen molar-refractivity contribution in [2.45, 2.75) is 25.8 Å². The van der Waals surface area contributed by atoms with Gasteiger partial charge < -0.3 is 20.9 Å². The zero-order valence-electron chi connectivity index (χ0n) is 8.91. The maximum absolute atomic E-state index is 10.8. The molecule has 0 heterocycles. The molecule has 0 bridgehead atoms. The standard InChI is InChI=1S/C9H20N2O3/c1-3-4-13-5-6-14-7-9(2,11)8(10)12/h3-7,11H2,1-2H3,(H2,10,12). The molecule has 1 atom stereocenters. The van der Waals surface area contributed by atoms with E-state index in [1.807, 2.05) is 6.92 Å². The number of nitrogens with two attached hydrogens (primary N) is 2. The first-order chi connectivity index (χ1) is 6.50. The second kappa shape index (κ2) is 6.75. The minimum atomic E-state index is -1.09. The maximum atomic E-state index is 10.8. The van der Waals surface area contributed by atoms with E-state index in [0.717, 1.165) is 13.0 Å². The van der Waals surface area contributed by atoms with Crippen molar-refractivity contribution in [2.75, 3.05) is 26.4 Å². The lowest BCUT2D eigenvalue weighted by Gasteiger charge is -2.19. The summed E-state index contributed by atoms with van der Waals surface area (Å²) < 4.78 is 10.3. The van der Waals surface area contributed by atoms with Gasteiger partial charge in [-0.3, -0.25) is 4.79 Å². The number of rotatable bonds is 8. The number of hydrogen-bond donors (Lipinski definition) is 2. The summed E-state index contributed by atoms with van der Waals surface area (Å²) in [5, 5.41) is 0. The molecule has 84 valence electrons. The van der Waals surface area contributed by atoms with Crippen LogP contribution in [0.3, 0.4) is 0 Å². The van der Waals surface area contributed by atoms with Gasteiger partial charge in [0.15, 0.2) is 0 Å². The topological polar surface area (TPSA) is 87.6 Å². The zero-order valence-corrected chi connectivity index (χ0v) is 8.91. The molecule has 0 saturated carbocycles. The normalized spacial score (nSPS) is 15.1. The Morgan fingerprint density at radius 2 is 1.86 bits per heavy atom. The van der Waals surface area contributed by atoms with Crippen LogP contribution in [0.15, 0.2) is 0 Å². The highest BCUT2D eigenvalue weighted by molar-refractivity contribution is 5.83. The molecule has 0 aromatic carbocycles. The van der Waals surface area contributed by atoms with E-state index in [1.165, 1.54) is 0 Å². The van der Waals surface area contributed by atoms with Gasteiger partial charge in [-0.15, -0.1) is 0 Å². The van der Waals surface area contributed by atoms with Crippen LogP contribution in [0.5, 0.6) is 0 Å². The Balaban J connectivity index is 3.40. The quantitative estimate of drug-likeness (QED) is 0.528. The number of primary amides is 1. The highest BCUT2D eigenvalue weighted by Crippen LogP contribution is 1.98. The van der Waals surface area contributed by atoms with Gasteiger partial charge in [0.25, 0.3) is 0 Å². The van der Waals surface area contributed by atoms with E-state index in [-0.39, 0.29) is 6.61 Å². The molecular formula is C9H20N2O3. The molecule has 0 radical (unpaired) electrons. The second-order valence-electron chi connectivity index (χ2n) is 3.45. The first-order valence-corrected chi connectivity index (χ1v) is 4.75. The summed E-state index contributed by atoms with van der Waals surface area (Å²) >= 11 is 0. The van der Waals surface area contributed by atoms with Gasteiger partial charge in [-0.25, -0.2) is 0 Å². The second-order valence-corrected chi connectivity index (χ2v) is 3.45. The molecule has 0 aliphatic rings. The Bertz CT molecular complexity index is 171. The largest absolute Gasteiger partial charge is 0.379 e. The number of ether oxygens (including phenoxy) is 2. The first kappa shape index (κ1) is 13.4. The lowest BCUT2D eigenvalue weighted by Crippen LogP contribution is -2.53. The summed E-state index contributed by atoms with van der Waals surface area (Å²) in [4.78, 5) is 10.8. The van der Waals surface area contributed by atoms with Crippen molar-refractivity contribution in [1.29, 1.82) is 0 Å². The van der Waals surface area contributed by atoms with Crippen LogP contribution in [0.25, 0.3) is 0 Å². The van der Waals surface area contributed by atoms with Gasteiger partial charge >= 0.3 is 0 Å². The van der Waals surface area contributed by atoms with Gasteiger partial charge in [0.1, 0.15) is 5.54 Å². The Morgan fingerprint density at radius 3 is 2.36 bits per heavy atom. The molecule has 0 aromatic rings. The predicted molar refractivity (Wildman–Crippen MR) is 53.7 cm³/mol. The molecule has 1 amide bonds. The van der Waals surface area contributed by atoms with Crippen molar-refractivity contribution in [2.24, 2.45) is 11.5 Å². The van der Waals surface area contributed by atoms with Crippen LogP contribution in [0.2, 0.25) is 0 Å². The van der Waals surface area contributed by atoms with E-state index in [4.69, 9.17) is 20.9 Å². The van der Waals surface area contributed by atoms with Crippen LogP contribution < -0.4 is 11.5 Å². The monoisotopic (exact) mass is 204 g/mol. The summed E-state index contributed by atoms with van der Waals surface area (Å²) in [6.07, 6.45) is 0.982. The molecule has 0 aliphatic heterocycles. The molecule has 1 unspecified atom stereocenters. The molecule has 0 rings (SSSR count).